The van der Waals surface area contributed by atoms with Gasteiger partial charge in [0.25, 0.3) is 0 Å². The van der Waals surface area contributed by atoms with E-state index in [1.165, 1.54) is 22.3 Å². The van der Waals surface area contributed by atoms with E-state index in [0.29, 0.717) is 13.1 Å². The van der Waals surface area contributed by atoms with Crippen LogP contribution in [0.1, 0.15) is 52.2 Å². The SMILES string of the molecule is C#CC(CN(C(=C)/C=C\C(C)=C/C)c1ccc(C)cc1)C(=C\C=C/C)/C(=C1/C=CNC1)N(C(/C=C\CC)=C/C)c1ccc(C)cc1. The van der Waals surface area contributed by atoms with E-state index in [0.717, 1.165) is 40.5 Å². The lowest BCUT2D eigenvalue weighted by Crippen LogP contribution is -2.32. The van der Waals surface area contributed by atoms with Crippen LogP contribution in [-0.2, 0) is 0 Å². The fourth-order valence-corrected chi connectivity index (χ4v) is 5.16. The highest BCUT2D eigenvalue weighted by Crippen LogP contribution is 2.37. The highest BCUT2D eigenvalue weighted by Gasteiger charge is 2.28. The van der Waals surface area contributed by atoms with Gasteiger partial charge in [0.05, 0.1) is 11.6 Å². The van der Waals surface area contributed by atoms with E-state index >= 15 is 0 Å². The molecule has 3 nitrogen and oxygen atoms in total. The van der Waals surface area contributed by atoms with Crippen LogP contribution in [0.3, 0.4) is 0 Å². The van der Waals surface area contributed by atoms with Crippen molar-refractivity contribution in [3.63, 3.8) is 0 Å². The molecule has 0 aliphatic carbocycles. The maximum Gasteiger partial charge on any atom is 0.0649 e. The normalized spacial score (nSPS) is 15.8. The fraction of sp³-hybridized carbons (Fsp3) is 0.256. The van der Waals surface area contributed by atoms with Gasteiger partial charge in [-0.25, -0.2) is 0 Å². The van der Waals surface area contributed by atoms with Gasteiger partial charge in [-0.2, -0.15) is 0 Å². The van der Waals surface area contributed by atoms with E-state index in [1.807, 2.05) is 20.0 Å². The van der Waals surface area contributed by atoms with Crippen LogP contribution in [0.4, 0.5) is 11.4 Å². The Hall–Kier alpha value is -4.94. The lowest BCUT2D eigenvalue weighted by atomic mass is 9.90. The molecule has 0 radical (unpaired) electrons. The van der Waals surface area contributed by atoms with Crippen molar-refractivity contribution < 1.29 is 0 Å². The van der Waals surface area contributed by atoms with E-state index in [9.17, 15) is 0 Å². The summed E-state index contributed by atoms with van der Waals surface area (Å²) < 4.78 is 0. The zero-order valence-electron chi connectivity index (χ0n) is 28.8. The minimum absolute atomic E-state index is 0.275. The number of terminal acetylenes is 1. The maximum absolute atomic E-state index is 6.52. The molecule has 0 fully saturated rings. The Bertz CT molecular complexity index is 1610. The topological polar surface area (TPSA) is 18.5 Å². The van der Waals surface area contributed by atoms with E-state index < -0.39 is 0 Å². The molecule has 0 aromatic heterocycles. The first-order valence-corrected chi connectivity index (χ1v) is 16.2. The van der Waals surface area contributed by atoms with Crippen LogP contribution in [0.15, 0.2) is 156 Å². The van der Waals surface area contributed by atoms with Gasteiger partial charge in [0.15, 0.2) is 0 Å². The summed E-state index contributed by atoms with van der Waals surface area (Å²) in [6.45, 7) is 20.4. The third kappa shape index (κ3) is 9.53. The van der Waals surface area contributed by atoms with Crippen molar-refractivity contribution in [1.29, 1.82) is 0 Å². The molecule has 0 spiro atoms. The van der Waals surface area contributed by atoms with Gasteiger partial charge in [-0.3, -0.25) is 0 Å². The number of allylic oxidation sites excluding steroid dienone is 11. The molecular weight excluding hydrogens is 558 g/mol. The number of anilines is 2. The van der Waals surface area contributed by atoms with Gasteiger partial charge in [0, 0.05) is 35.9 Å². The molecule has 2 aromatic carbocycles. The zero-order valence-corrected chi connectivity index (χ0v) is 28.8. The first-order valence-electron chi connectivity index (χ1n) is 16.2. The average Bonchev–Trinajstić information content (AvgIpc) is 3.61. The summed E-state index contributed by atoms with van der Waals surface area (Å²) in [5, 5.41) is 3.42. The number of benzene rings is 2. The summed E-state index contributed by atoms with van der Waals surface area (Å²) in [6.07, 6.45) is 30.8. The van der Waals surface area contributed by atoms with Crippen LogP contribution in [0.2, 0.25) is 0 Å². The van der Waals surface area contributed by atoms with Crippen molar-refractivity contribution in [1.82, 2.24) is 5.32 Å². The maximum atomic E-state index is 6.52. The Kier molecular flexibility index (Phi) is 14.0. The van der Waals surface area contributed by atoms with Crippen molar-refractivity contribution in [3.05, 3.63) is 167 Å². The Balaban J connectivity index is 2.29. The van der Waals surface area contributed by atoms with Crippen LogP contribution in [-0.4, -0.2) is 13.1 Å². The Morgan fingerprint density at radius 3 is 2.13 bits per heavy atom. The third-order valence-corrected chi connectivity index (χ3v) is 7.96. The van der Waals surface area contributed by atoms with Crippen molar-refractivity contribution >= 4 is 11.4 Å². The molecule has 1 atom stereocenters. The molecule has 0 amide bonds. The van der Waals surface area contributed by atoms with E-state index in [2.05, 4.69) is 172 Å². The molecule has 2 aromatic rings. The molecule has 238 valence electrons. The highest BCUT2D eigenvalue weighted by molar-refractivity contribution is 5.69. The van der Waals surface area contributed by atoms with Gasteiger partial charge in [0.1, 0.15) is 0 Å². The van der Waals surface area contributed by atoms with Gasteiger partial charge < -0.3 is 15.1 Å². The number of nitrogens with one attached hydrogen (secondary N) is 1. The van der Waals surface area contributed by atoms with Crippen molar-refractivity contribution in [2.24, 2.45) is 5.92 Å². The van der Waals surface area contributed by atoms with Crippen LogP contribution in [0.5, 0.6) is 0 Å². The number of hydrogen-bond acceptors (Lipinski definition) is 3. The molecule has 1 aliphatic heterocycles. The Morgan fingerprint density at radius 2 is 1.61 bits per heavy atom. The standard InChI is InChI=1S/C43H51N3/c1-10-15-17-39(14-5)46(41-27-22-35(8)23-28-41)43(38-29-30-44-31-38)42(18-16-11-2)37(13-4)32-45(36(9)24-19-33(6)12-3)40-25-20-34(7)21-26-40/h4,11-12,14-30,37,44H,9-10,31-32H2,1-3,5-8H3/b16-11-,17-15-,24-19-,33-12-,39-14+,42-18+,43-38+. The molecule has 0 bridgehead atoms. The molecular formula is C43H51N3. The van der Waals surface area contributed by atoms with E-state index in [1.54, 1.807) is 0 Å². The minimum Gasteiger partial charge on any atom is -0.387 e. The minimum atomic E-state index is -0.275. The van der Waals surface area contributed by atoms with Crippen molar-refractivity contribution in [2.75, 3.05) is 22.9 Å². The number of aryl methyl sites for hydroxylation is 2. The first kappa shape index (κ1) is 35.5. The molecule has 46 heavy (non-hydrogen) atoms. The molecule has 1 unspecified atom stereocenters. The molecule has 1 aliphatic rings. The predicted octanol–water partition coefficient (Wildman–Crippen LogP) is 10.6. The lowest BCUT2D eigenvalue weighted by Gasteiger charge is -2.35. The molecule has 1 N–H and O–H groups in total. The summed E-state index contributed by atoms with van der Waals surface area (Å²) in [5.41, 5.74) is 11.0. The summed E-state index contributed by atoms with van der Waals surface area (Å²) in [6, 6.07) is 17.3. The van der Waals surface area contributed by atoms with Gasteiger partial charge in [-0.1, -0.05) is 103 Å². The summed E-state index contributed by atoms with van der Waals surface area (Å²) in [7, 11) is 0. The Morgan fingerprint density at radius 1 is 0.957 bits per heavy atom. The monoisotopic (exact) mass is 609 g/mol. The highest BCUT2D eigenvalue weighted by atomic mass is 15.2. The predicted molar refractivity (Wildman–Crippen MR) is 202 cm³/mol. The lowest BCUT2D eigenvalue weighted by molar-refractivity contribution is 0.753. The van der Waals surface area contributed by atoms with Gasteiger partial charge >= 0.3 is 0 Å². The second kappa shape index (κ2) is 18.1. The summed E-state index contributed by atoms with van der Waals surface area (Å²) in [5.74, 6) is 2.94. The second-order valence-corrected chi connectivity index (χ2v) is 11.5. The van der Waals surface area contributed by atoms with Crippen LogP contribution < -0.4 is 15.1 Å². The first-order chi connectivity index (χ1) is 22.3. The number of hydrogen-bond donors (Lipinski definition) is 1. The van der Waals surface area contributed by atoms with Crippen LogP contribution >= 0.6 is 0 Å². The zero-order chi connectivity index (χ0) is 33.5. The number of rotatable bonds is 14. The fourth-order valence-electron chi connectivity index (χ4n) is 5.16. The molecule has 3 heteroatoms. The third-order valence-electron chi connectivity index (χ3n) is 7.96. The largest absolute Gasteiger partial charge is 0.387 e. The van der Waals surface area contributed by atoms with Crippen LogP contribution in [0, 0.1) is 32.1 Å². The van der Waals surface area contributed by atoms with E-state index in [-0.39, 0.29) is 5.92 Å². The summed E-state index contributed by atoms with van der Waals surface area (Å²) in [4.78, 5) is 4.60. The Labute approximate surface area is 279 Å². The van der Waals surface area contributed by atoms with Crippen LogP contribution in [0.25, 0.3) is 0 Å². The quantitative estimate of drug-likeness (QED) is 0.170. The average molecular weight is 610 g/mol. The summed E-state index contributed by atoms with van der Waals surface area (Å²) >= 11 is 0. The van der Waals surface area contributed by atoms with Gasteiger partial charge in [-0.15, -0.1) is 6.42 Å². The van der Waals surface area contributed by atoms with Gasteiger partial charge in [-0.05, 0) is 108 Å². The van der Waals surface area contributed by atoms with Gasteiger partial charge in [0.2, 0.25) is 0 Å². The second-order valence-electron chi connectivity index (χ2n) is 11.5. The molecule has 0 saturated carbocycles. The molecule has 0 saturated heterocycles. The van der Waals surface area contributed by atoms with Crippen molar-refractivity contribution in [2.45, 2.75) is 54.9 Å². The molecule has 1 heterocycles. The number of nitrogens with zero attached hydrogens (tertiary/aromatic N) is 2. The van der Waals surface area contributed by atoms with E-state index in [4.69, 9.17) is 6.42 Å². The van der Waals surface area contributed by atoms with Crippen molar-refractivity contribution in [3.8, 4) is 12.3 Å². The molecule has 3 rings (SSSR count). The smallest absolute Gasteiger partial charge is 0.0649 e.